The van der Waals surface area contributed by atoms with Crippen LogP contribution in [-0.4, -0.2) is 28.0 Å². The second kappa shape index (κ2) is 8.06. The number of hydrogen-bond donors (Lipinski definition) is 2. The van der Waals surface area contributed by atoms with Gasteiger partial charge >= 0.3 is 0 Å². The zero-order chi connectivity index (χ0) is 17.4. The summed E-state index contributed by atoms with van der Waals surface area (Å²) in [4.78, 5) is 31.5. The van der Waals surface area contributed by atoms with E-state index in [1.807, 2.05) is 0 Å². The van der Waals surface area contributed by atoms with Gasteiger partial charge in [0.2, 0.25) is 5.91 Å². The van der Waals surface area contributed by atoms with Crippen molar-refractivity contribution in [1.82, 2.24) is 14.9 Å². The van der Waals surface area contributed by atoms with E-state index in [1.54, 1.807) is 22.2 Å². The van der Waals surface area contributed by atoms with Crippen molar-refractivity contribution in [2.24, 2.45) is 11.7 Å². The standard InChI is InChI=1S/C18H24N4O2S.ClH/c19-13(11-5-6-11)9-20-15(23)7-8-22-10-21-17-16(18(22)24)12-3-1-2-4-14(12)25-17;/h10-11,13H,1-9,19H2,(H,20,23);1H. The van der Waals surface area contributed by atoms with Gasteiger partial charge in [-0.15, -0.1) is 23.7 Å². The van der Waals surface area contributed by atoms with E-state index in [4.69, 9.17) is 5.73 Å². The van der Waals surface area contributed by atoms with Gasteiger partial charge in [-0.05, 0) is 50.0 Å². The van der Waals surface area contributed by atoms with Gasteiger partial charge in [0.25, 0.3) is 5.56 Å². The van der Waals surface area contributed by atoms with Crippen molar-refractivity contribution < 1.29 is 4.79 Å². The molecule has 2 aromatic rings. The van der Waals surface area contributed by atoms with E-state index in [9.17, 15) is 9.59 Å². The zero-order valence-corrected chi connectivity index (χ0v) is 16.3. The van der Waals surface area contributed by atoms with Gasteiger partial charge in [-0.2, -0.15) is 0 Å². The molecule has 0 spiro atoms. The SMILES string of the molecule is Cl.NC(CNC(=O)CCn1cnc2sc3c(c2c1=O)CCCC3)C1CC1. The third-order valence-electron chi connectivity index (χ3n) is 5.28. The van der Waals surface area contributed by atoms with Gasteiger partial charge in [0.1, 0.15) is 4.83 Å². The molecule has 6 nitrogen and oxygen atoms in total. The van der Waals surface area contributed by atoms with Crippen molar-refractivity contribution in [2.45, 2.75) is 57.5 Å². The summed E-state index contributed by atoms with van der Waals surface area (Å²) in [5.74, 6) is 0.509. The molecular formula is C18H25ClN4O2S. The number of aromatic nitrogens is 2. The van der Waals surface area contributed by atoms with Gasteiger partial charge in [-0.25, -0.2) is 4.98 Å². The number of aryl methyl sites for hydroxylation is 3. The summed E-state index contributed by atoms with van der Waals surface area (Å²) < 4.78 is 1.57. The molecule has 1 fully saturated rings. The van der Waals surface area contributed by atoms with Crippen molar-refractivity contribution >= 4 is 39.9 Å². The monoisotopic (exact) mass is 396 g/mol. The molecule has 4 rings (SSSR count). The van der Waals surface area contributed by atoms with Crippen LogP contribution in [0.5, 0.6) is 0 Å². The summed E-state index contributed by atoms with van der Waals surface area (Å²) >= 11 is 1.65. The van der Waals surface area contributed by atoms with E-state index in [0.717, 1.165) is 29.5 Å². The van der Waals surface area contributed by atoms with Crippen LogP contribution in [0.2, 0.25) is 0 Å². The minimum atomic E-state index is -0.0598. The third-order valence-corrected chi connectivity index (χ3v) is 6.48. The number of amides is 1. The summed E-state index contributed by atoms with van der Waals surface area (Å²) in [5, 5.41) is 3.65. The normalized spacial score (nSPS) is 17.4. The van der Waals surface area contributed by atoms with Crippen LogP contribution in [0.15, 0.2) is 11.1 Å². The molecule has 1 saturated carbocycles. The average Bonchev–Trinajstić information content (AvgIpc) is 3.39. The lowest BCUT2D eigenvalue weighted by atomic mass is 9.97. The number of nitrogens with zero attached hydrogens (tertiary/aromatic N) is 2. The van der Waals surface area contributed by atoms with E-state index >= 15 is 0 Å². The van der Waals surface area contributed by atoms with Gasteiger partial charge in [-0.1, -0.05) is 0 Å². The Morgan fingerprint density at radius 3 is 2.92 bits per heavy atom. The number of fused-ring (bicyclic) bond motifs is 3. The Balaban J connectivity index is 0.00000196. The first-order valence-electron chi connectivity index (χ1n) is 9.15. The molecule has 2 aromatic heterocycles. The Morgan fingerprint density at radius 1 is 1.38 bits per heavy atom. The first kappa shape index (κ1) is 19.3. The van der Waals surface area contributed by atoms with E-state index in [-0.39, 0.29) is 36.3 Å². The molecule has 0 saturated heterocycles. The zero-order valence-electron chi connectivity index (χ0n) is 14.7. The van der Waals surface area contributed by atoms with Crippen LogP contribution in [0.25, 0.3) is 10.2 Å². The van der Waals surface area contributed by atoms with Crippen LogP contribution >= 0.6 is 23.7 Å². The highest BCUT2D eigenvalue weighted by Crippen LogP contribution is 2.33. The fourth-order valence-electron chi connectivity index (χ4n) is 3.57. The topological polar surface area (TPSA) is 90.0 Å². The minimum absolute atomic E-state index is 0. The fourth-order valence-corrected chi connectivity index (χ4v) is 4.79. The number of thiophene rings is 1. The van der Waals surface area contributed by atoms with Gasteiger partial charge in [0.05, 0.1) is 11.7 Å². The first-order chi connectivity index (χ1) is 12.1. The van der Waals surface area contributed by atoms with E-state index < -0.39 is 0 Å². The molecule has 0 bridgehead atoms. The second-order valence-corrected chi connectivity index (χ2v) is 8.27. The minimum Gasteiger partial charge on any atom is -0.354 e. The molecule has 26 heavy (non-hydrogen) atoms. The maximum absolute atomic E-state index is 12.8. The Hall–Kier alpha value is -1.44. The number of carbonyl (C=O) groups excluding carboxylic acids is 1. The predicted molar refractivity (Wildman–Crippen MR) is 106 cm³/mol. The van der Waals surface area contributed by atoms with Gasteiger partial charge in [0, 0.05) is 30.4 Å². The lowest BCUT2D eigenvalue weighted by Gasteiger charge is -2.12. The number of halogens is 1. The average molecular weight is 397 g/mol. The van der Waals surface area contributed by atoms with E-state index in [0.29, 0.717) is 19.0 Å². The fraction of sp³-hybridized carbons (Fsp3) is 0.611. The lowest BCUT2D eigenvalue weighted by molar-refractivity contribution is -0.121. The van der Waals surface area contributed by atoms with Crippen molar-refractivity contribution in [2.75, 3.05) is 6.54 Å². The van der Waals surface area contributed by atoms with Crippen LogP contribution in [0.1, 0.15) is 42.5 Å². The van der Waals surface area contributed by atoms with Crippen molar-refractivity contribution in [3.8, 4) is 0 Å². The lowest BCUT2D eigenvalue weighted by Crippen LogP contribution is -2.39. The van der Waals surface area contributed by atoms with Crippen LogP contribution < -0.4 is 16.6 Å². The molecule has 0 aromatic carbocycles. The summed E-state index contributed by atoms with van der Waals surface area (Å²) in [7, 11) is 0. The highest BCUT2D eigenvalue weighted by atomic mass is 35.5. The van der Waals surface area contributed by atoms with Gasteiger partial charge in [0.15, 0.2) is 0 Å². The third kappa shape index (κ3) is 3.94. The molecule has 8 heteroatoms. The van der Waals surface area contributed by atoms with Gasteiger partial charge in [-0.3, -0.25) is 14.2 Å². The first-order valence-corrected chi connectivity index (χ1v) is 9.97. The molecular weight excluding hydrogens is 372 g/mol. The summed E-state index contributed by atoms with van der Waals surface area (Å²) in [6, 6.07) is 0.0574. The number of nitrogens with one attached hydrogen (secondary N) is 1. The Kier molecular flexibility index (Phi) is 5.99. The number of hydrogen-bond acceptors (Lipinski definition) is 5. The predicted octanol–water partition coefficient (Wildman–Crippen LogP) is 2.00. The van der Waals surface area contributed by atoms with Crippen LogP contribution in [0.3, 0.4) is 0 Å². The van der Waals surface area contributed by atoms with E-state index in [2.05, 4.69) is 10.3 Å². The van der Waals surface area contributed by atoms with Gasteiger partial charge < -0.3 is 11.1 Å². The Morgan fingerprint density at radius 2 is 2.15 bits per heavy atom. The summed E-state index contributed by atoms with van der Waals surface area (Å²) in [6.07, 6.45) is 8.54. The Labute approximate surface area is 162 Å². The van der Waals surface area contributed by atoms with Crippen LogP contribution in [0, 0.1) is 5.92 Å². The number of carbonyl (C=O) groups is 1. The molecule has 3 N–H and O–H groups in total. The molecule has 142 valence electrons. The summed E-state index contributed by atoms with van der Waals surface area (Å²) in [5.41, 5.74) is 7.18. The molecule has 1 amide bonds. The van der Waals surface area contributed by atoms with Crippen molar-refractivity contribution in [3.63, 3.8) is 0 Å². The highest BCUT2D eigenvalue weighted by Gasteiger charge is 2.28. The second-order valence-electron chi connectivity index (χ2n) is 7.19. The Bertz CT molecular complexity index is 859. The summed E-state index contributed by atoms with van der Waals surface area (Å²) in [6.45, 7) is 0.880. The number of rotatable bonds is 6. The van der Waals surface area contributed by atoms with Crippen molar-refractivity contribution in [1.29, 1.82) is 0 Å². The molecule has 2 heterocycles. The quantitative estimate of drug-likeness (QED) is 0.781. The van der Waals surface area contributed by atoms with Crippen LogP contribution in [0.4, 0.5) is 0 Å². The maximum atomic E-state index is 12.8. The van der Waals surface area contributed by atoms with E-state index in [1.165, 1.54) is 29.7 Å². The molecule has 0 aliphatic heterocycles. The van der Waals surface area contributed by atoms with Crippen molar-refractivity contribution in [3.05, 3.63) is 27.1 Å². The molecule has 1 atom stereocenters. The number of nitrogens with two attached hydrogens (primary N) is 1. The molecule has 0 radical (unpaired) electrons. The largest absolute Gasteiger partial charge is 0.354 e. The maximum Gasteiger partial charge on any atom is 0.262 e. The smallest absolute Gasteiger partial charge is 0.262 e. The van der Waals surface area contributed by atoms with Crippen LogP contribution in [-0.2, 0) is 24.2 Å². The molecule has 2 aliphatic rings. The molecule has 2 aliphatic carbocycles. The highest BCUT2D eigenvalue weighted by molar-refractivity contribution is 7.18. The molecule has 1 unspecified atom stereocenters.